The fraction of sp³-hybridized carbons (Fsp3) is 0. The van der Waals surface area contributed by atoms with Gasteiger partial charge in [-0.2, -0.15) is 0 Å². The number of hydrogen-bond acceptors (Lipinski definition) is 3. The summed E-state index contributed by atoms with van der Waals surface area (Å²) in [5, 5.41) is 20.5. The Labute approximate surface area is 136 Å². The zero-order valence-electron chi connectivity index (χ0n) is 10.5. The predicted octanol–water partition coefficient (Wildman–Crippen LogP) is 5.13. The molecule has 2 aromatic carbocycles. The van der Waals surface area contributed by atoms with E-state index in [9.17, 15) is 15.0 Å². The van der Waals surface area contributed by atoms with Crippen molar-refractivity contribution in [2.24, 2.45) is 0 Å². The van der Waals surface area contributed by atoms with E-state index in [0.29, 0.717) is 10.0 Å². The number of ketones is 1. The third-order valence-corrected chi connectivity index (χ3v) is 3.48. The molecule has 0 spiro atoms. The lowest BCUT2D eigenvalue weighted by molar-refractivity contribution is 0.104. The third-order valence-electron chi connectivity index (χ3n) is 2.70. The van der Waals surface area contributed by atoms with E-state index in [2.05, 4.69) is 0 Å². The van der Waals surface area contributed by atoms with Crippen LogP contribution >= 0.6 is 34.8 Å². The van der Waals surface area contributed by atoms with Gasteiger partial charge in [-0.1, -0.05) is 34.8 Å². The first-order valence-corrected chi connectivity index (χ1v) is 6.91. The Morgan fingerprint density at radius 2 is 1.52 bits per heavy atom. The maximum absolute atomic E-state index is 12.1. The average molecular weight is 344 g/mol. The molecule has 0 aromatic heterocycles. The van der Waals surface area contributed by atoms with Crippen LogP contribution in [0.25, 0.3) is 5.76 Å². The number of phenols is 1. The number of carbonyl (C=O) groups is 1. The lowest BCUT2D eigenvalue weighted by Crippen LogP contribution is -1.98. The van der Waals surface area contributed by atoms with Gasteiger partial charge in [0, 0.05) is 21.7 Å². The number of rotatable bonds is 3. The van der Waals surface area contributed by atoms with Crippen molar-refractivity contribution in [1.82, 2.24) is 0 Å². The summed E-state index contributed by atoms with van der Waals surface area (Å²) in [6.07, 6.45) is 0.970. The second-order valence-electron chi connectivity index (χ2n) is 4.18. The summed E-state index contributed by atoms with van der Waals surface area (Å²) in [6.45, 7) is 0. The SMILES string of the molecule is O=C(/C=C(\O)c1ccc(Cl)cc1O)c1ccc(Cl)cc1Cl. The van der Waals surface area contributed by atoms with Gasteiger partial charge >= 0.3 is 0 Å². The second-order valence-corrected chi connectivity index (χ2v) is 5.46. The van der Waals surface area contributed by atoms with E-state index in [0.717, 1.165) is 6.08 Å². The van der Waals surface area contributed by atoms with E-state index >= 15 is 0 Å². The number of carbonyl (C=O) groups excluding carboxylic acids is 1. The molecule has 0 atom stereocenters. The molecule has 0 aliphatic carbocycles. The van der Waals surface area contributed by atoms with Gasteiger partial charge in [-0.05, 0) is 36.4 Å². The predicted molar refractivity (Wildman–Crippen MR) is 84.5 cm³/mol. The van der Waals surface area contributed by atoms with Crippen LogP contribution < -0.4 is 0 Å². The first kappa shape index (κ1) is 15.7. The molecule has 3 nitrogen and oxygen atoms in total. The summed E-state index contributed by atoms with van der Waals surface area (Å²) in [5.41, 5.74) is 0.291. The van der Waals surface area contributed by atoms with Gasteiger partial charge in [0.2, 0.25) is 0 Å². The van der Waals surface area contributed by atoms with Crippen molar-refractivity contribution in [2.75, 3.05) is 0 Å². The van der Waals surface area contributed by atoms with Gasteiger partial charge in [-0.15, -0.1) is 0 Å². The van der Waals surface area contributed by atoms with E-state index in [1.165, 1.54) is 36.4 Å². The number of aromatic hydroxyl groups is 1. The van der Waals surface area contributed by atoms with Crippen LogP contribution in [-0.4, -0.2) is 16.0 Å². The molecule has 0 heterocycles. The van der Waals surface area contributed by atoms with Crippen LogP contribution in [0.1, 0.15) is 15.9 Å². The number of allylic oxidation sites excluding steroid dienone is 1. The highest BCUT2D eigenvalue weighted by Crippen LogP contribution is 2.28. The molecular formula is C15H9Cl3O3. The minimum Gasteiger partial charge on any atom is -0.507 e. The Morgan fingerprint density at radius 1 is 0.952 bits per heavy atom. The molecule has 0 radical (unpaired) electrons. The topological polar surface area (TPSA) is 57.5 Å². The molecule has 0 saturated carbocycles. The second kappa shape index (κ2) is 6.39. The Kier molecular flexibility index (Phi) is 4.78. The summed E-state index contributed by atoms with van der Waals surface area (Å²) < 4.78 is 0. The van der Waals surface area contributed by atoms with Gasteiger partial charge in [0.15, 0.2) is 5.78 Å². The Morgan fingerprint density at radius 3 is 2.10 bits per heavy atom. The largest absolute Gasteiger partial charge is 0.507 e. The van der Waals surface area contributed by atoms with Crippen LogP contribution in [0.5, 0.6) is 5.75 Å². The summed E-state index contributed by atoms with van der Waals surface area (Å²) in [4.78, 5) is 12.1. The van der Waals surface area contributed by atoms with E-state index in [1.807, 2.05) is 0 Å². The van der Waals surface area contributed by atoms with Crippen LogP contribution in [0.3, 0.4) is 0 Å². The molecule has 21 heavy (non-hydrogen) atoms. The average Bonchev–Trinajstić information content (AvgIpc) is 2.37. The van der Waals surface area contributed by atoms with E-state index in [1.54, 1.807) is 0 Å². The van der Waals surface area contributed by atoms with Gasteiger partial charge in [0.1, 0.15) is 11.5 Å². The fourth-order valence-electron chi connectivity index (χ4n) is 1.69. The minimum atomic E-state index is -0.511. The van der Waals surface area contributed by atoms with Gasteiger partial charge in [-0.25, -0.2) is 0 Å². The summed E-state index contributed by atoms with van der Waals surface area (Å²) in [7, 11) is 0. The number of benzene rings is 2. The number of aliphatic hydroxyl groups is 1. The molecule has 0 aliphatic rings. The van der Waals surface area contributed by atoms with E-state index in [-0.39, 0.29) is 27.7 Å². The molecule has 0 unspecified atom stereocenters. The monoisotopic (exact) mass is 342 g/mol. The van der Waals surface area contributed by atoms with Crippen LogP contribution in [-0.2, 0) is 0 Å². The van der Waals surface area contributed by atoms with Crippen molar-refractivity contribution < 1.29 is 15.0 Å². The third kappa shape index (κ3) is 3.70. The lowest BCUT2D eigenvalue weighted by Gasteiger charge is -2.05. The highest BCUT2D eigenvalue weighted by molar-refractivity contribution is 6.37. The Hall–Kier alpha value is -1.68. The summed E-state index contributed by atoms with van der Waals surface area (Å²) in [5.74, 6) is -1.13. The molecule has 2 N–H and O–H groups in total. The van der Waals surface area contributed by atoms with Crippen molar-refractivity contribution in [3.8, 4) is 5.75 Å². The van der Waals surface area contributed by atoms with E-state index in [4.69, 9.17) is 34.8 Å². The lowest BCUT2D eigenvalue weighted by atomic mass is 10.1. The first-order valence-electron chi connectivity index (χ1n) is 5.77. The van der Waals surface area contributed by atoms with Gasteiger partial charge in [-0.3, -0.25) is 4.79 Å². The van der Waals surface area contributed by atoms with Crippen molar-refractivity contribution in [2.45, 2.75) is 0 Å². The maximum Gasteiger partial charge on any atom is 0.191 e. The van der Waals surface area contributed by atoms with Crippen molar-refractivity contribution in [3.63, 3.8) is 0 Å². The number of aliphatic hydroxyl groups excluding tert-OH is 1. The van der Waals surface area contributed by atoms with Gasteiger partial charge < -0.3 is 10.2 Å². The van der Waals surface area contributed by atoms with Gasteiger partial charge in [0.25, 0.3) is 0 Å². The molecule has 0 aliphatic heterocycles. The standard InChI is InChI=1S/C15H9Cl3O3/c16-8-1-3-10(12(18)5-8)14(20)7-15(21)11-4-2-9(17)6-13(11)19/h1-7,19,21H/b15-7-. The number of halogens is 3. The summed E-state index contributed by atoms with van der Waals surface area (Å²) in [6, 6.07) is 8.56. The Balaban J connectivity index is 2.36. The molecule has 2 aromatic rings. The van der Waals surface area contributed by atoms with E-state index < -0.39 is 5.78 Å². The maximum atomic E-state index is 12.1. The number of phenolic OH excluding ortho intramolecular Hbond substituents is 1. The molecular weight excluding hydrogens is 335 g/mol. The van der Waals surface area contributed by atoms with Crippen LogP contribution in [0.4, 0.5) is 0 Å². The van der Waals surface area contributed by atoms with Gasteiger partial charge in [0.05, 0.1) is 10.6 Å². The first-order chi connectivity index (χ1) is 9.88. The minimum absolute atomic E-state index is 0.0952. The Bertz CT molecular complexity index is 739. The fourth-order valence-corrected chi connectivity index (χ4v) is 2.36. The summed E-state index contributed by atoms with van der Waals surface area (Å²) >= 11 is 17.4. The zero-order chi connectivity index (χ0) is 15.6. The van der Waals surface area contributed by atoms with Crippen LogP contribution in [0.2, 0.25) is 15.1 Å². The molecule has 2 rings (SSSR count). The molecule has 6 heteroatoms. The van der Waals surface area contributed by atoms with Crippen LogP contribution in [0, 0.1) is 0 Å². The highest BCUT2D eigenvalue weighted by atomic mass is 35.5. The van der Waals surface area contributed by atoms with Crippen molar-refractivity contribution >= 4 is 46.3 Å². The van der Waals surface area contributed by atoms with Crippen molar-refractivity contribution in [1.29, 1.82) is 0 Å². The highest BCUT2D eigenvalue weighted by Gasteiger charge is 2.12. The molecule has 0 saturated heterocycles. The van der Waals surface area contributed by atoms with Crippen LogP contribution in [0.15, 0.2) is 42.5 Å². The smallest absolute Gasteiger partial charge is 0.191 e. The molecule has 0 amide bonds. The zero-order valence-corrected chi connectivity index (χ0v) is 12.7. The molecule has 108 valence electrons. The van der Waals surface area contributed by atoms with Crippen molar-refractivity contribution in [3.05, 3.63) is 68.7 Å². The molecule has 0 fully saturated rings. The quantitative estimate of drug-likeness (QED) is 0.461. The normalized spacial score (nSPS) is 11.5. The number of hydrogen-bond donors (Lipinski definition) is 2. The molecule has 0 bridgehead atoms.